The van der Waals surface area contributed by atoms with E-state index in [0.29, 0.717) is 34.0 Å². The van der Waals surface area contributed by atoms with Gasteiger partial charge < -0.3 is 20.5 Å². The molecule has 0 fully saturated rings. The number of carbonyl (C=O) groups excluding carboxylic acids is 4. The van der Waals surface area contributed by atoms with Crippen molar-refractivity contribution < 1.29 is 28.7 Å². The van der Waals surface area contributed by atoms with E-state index in [0.717, 1.165) is 0 Å². The molecule has 0 atom stereocenters. The molecule has 3 amide bonds. The maximum absolute atomic E-state index is 12.3. The lowest BCUT2D eigenvalue weighted by Gasteiger charge is -2.07. The number of rotatable bonds is 7. The summed E-state index contributed by atoms with van der Waals surface area (Å²) in [5, 5.41) is 6.31. The first-order valence-electron chi connectivity index (χ1n) is 10.3. The lowest BCUT2D eigenvalue weighted by molar-refractivity contribution is -0.136. The van der Waals surface area contributed by atoms with Crippen LogP contribution in [0.3, 0.4) is 0 Å². The van der Waals surface area contributed by atoms with Gasteiger partial charge in [0.2, 0.25) is 5.91 Å². The Morgan fingerprint density at radius 3 is 1.86 bits per heavy atom. The van der Waals surface area contributed by atoms with Crippen molar-refractivity contribution in [2.45, 2.75) is 6.92 Å². The number of nitrogens with zero attached hydrogens (tertiary/aromatic N) is 1. The highest BCUT2D eigenvalue weighted by atomic mass is 16.5. The predicted molar refractivity (Wildman–Crippen MR) is 128 cm³/mol. The van der Waals surface area contributed by atoms with Gasteiger partial charge >= 0.3 is 17.8 Å². The van der Waals surface area contributed by atoms with Gasteiger partial charge in [-0.05, 0) is 85.3 Å². The Morgan fingerprint density at radius 2 is 1.29 bits per heavy atom. The van der Waals surface area contributed by atoms with Crippen LogP contribution in [0, 0.1) is 0 Å². The predicted octanol–water partition coefficient (Wildman–Crippen LogP) is 2.49. The number of ether oxygens (including phenoxy) is 2. The number of nitrogens with one attached hydrogen (secondary N) is 2. The van der Waals surface area contributed by atoms with Crippen LogP contribution in [-0.4, -0.2) is 36.5 Å². The fourth-order valence-corrected chi connectivity index (χ4v) is 2.81. The number of benzene rings is 3. The van der Waals surface area contributed by atoms with Crippen molar-refractivity contribution in [2.24, 2.45) is 10.8 Å². The third-order valence-electron chi connectivity index (χ3n) is 4.77. The number of hydrazone groups is 1. The van der Waals surface area contributed by atoms with Gasteiger partial charge in [-0.25, -0.2) is 10.2 Å². The number of anilines is 1. The van der Waals surface area contributed by atoms with Crippen LogP contribution in [0.2, 0.25) is 0 Å². The van der Waals surface area contributed by atoms with Crippen molar-refractivity contribution in [3.8, 4) is 11.5 Å². The molecule has 35 heavy (non-hydrogen) atoms. The summed E-state index contributed by atoms with van der Waals surface area (Å²) in [6, 6.07) is 18.7. The van der Waals surface area contributed by atoms with Crippen LogP contribution in [-0.2, 0) is 9.59 Å². The Hall–Kier alpha value is -4.99. The lowest BCUT2D eigenvalue weighted by Crippen LogP contribution is -2.33. The number of nitrogens with two attached hydrogens (primary N) is 1. The number of amides is 3. The van der Waals surface area contributed by atoms with E-state index in [4.69, 9.17) is 15.2 Å². The summed E-state index contributed by atoms with van der Waals surface area (Å²) < 4.78 is 10.4. The number of primary amides is 1. The second-order valence-electron chi connectivity index (χ2n) is 7.18. The molecule has 0 aliphatic heterocycles. The molecule has 0 aliphatic rings. The molecular formula is C25H22N4O6. The van der Waals surface area contributed by atoms with E-state index in [1.165, 1.54) is 31.4 Å². The maximum Gasteiger partial charge on any atom is 0.343 e. The quantitative estimate of drug-likeness (QED) is 0.157. The van der Waals surface area contributed by atoms with Crippen molar-refractivity contribution >= 4 is 35.1 Å². The zero-order valence-electron chi connectivity index (χ0n) is 18.9. The Kier molecular flexibility index (Phi) is 7.91. The third kappa shape index (κ3) is 6.75. The average Bonchev–Trinajstić information content (AvgIpc) is 2.87. The van der Waals surface area contributed by atoms with Crippen molar-refractivity contribution in [3.05, 3.63) is 89.5 Å². The molecule has 0 spiro atoms. The summed E-state index contributed by atoms with van der Waals surface area (Å²) in [5.74, 6) is -2.08. The van der Waals surface area contributed by atoms with Crippen molar-refractivity contribution in [1.29, 1.82) is 0 Å². The molecule has 10 heteroatoms. The van der Waals surface area contributed by atoms with E-state index in [1.54, 1.807) is 55.5 Å². The van der Waals surface area contributed by atoms with Gasteiger partial charge in [0.1, 0.15) is 11.5 Å². The number of carbonyl (C=O) groups is 4. The van der Waals surface area contributed by atoms with Crippen molar-refractivity contribution in [3.63, 3.8) is 0 Å². The average molecular weight is 474 g/mol. The topological polar surface area (TPSA) is 149 Å². The van der Waals surface area contributed by atoms with Gasteiger partial charge in [0, 0.05) is 11.3 Å². The Morgan fingerprint density at radius 1 is 0.743 bits per heavy atom. The van der Waals surface area contributed by atoms with E-state index in [1.807, 2.05) is 0 Å². The minimum absolute atomic E-state index is 0.272. The van der Waals surface area contributed by atoms with E-state index in [-0.39, 0.29) is 5.56 Å². The summed E-state index contributed by atoms with van der Waals surface area (Å²) in [4.78, 5) is 47.4. The first-order chi connectivity index (χ1) is 16.8. The molecule has 0 aromatic heterocycles. The smallest absolute Gasteiger partial charge is 0.343 e. The Balaban J connectivity index is 1.54. The molecule has 0 radical (unpaired) electrons. The largest absolute Gasteiger partial charge is 0.497 e. The van der Waals surface area contributed by atoms with E-state index < -0.39 is 23.7 Å². The molecule has 3 rings (SSSR count). The molecule has 0 aliphatic carbocycles. The zero-order valence-corrected chi connectivity index (χ0v) is 18.9. The third-order valence-corrected chi connectivity index (χ3v) is 4.77. The van der Waals surface area contributed by atoms with Crippen molar-refractivity contribution in [1.82, 2.24) is 5.43 Å². The maximum atomic E-state index is 12.3. The summed E-state index contributed by atoms with van der Waals surface area (Å²) in [6.07, 6.45) is 0. The first kappa shape index (κ1) is 24.6. The Labute approximate surface area is 200 Å². The van der Waals surface area contributed by atoms with Gasteiger partial charge in [0.05, 0.1) is 18.4 Å². The second-order valence-corrected chi connectivity index (χ2v) is 7.18. The van der Waals surface area contributed by atoms with E-state index in [9.17, 15) is 19.2 Å². The Bertz CT molecular complexity index is 1270. The van der Waals surface area contributed by atoms with Gasteiger partial charge in [0.15, 0.2) is 0 Å². The molecule has 0 saturated heterocycles. The molecular weight excluding hydrogens is 452 g/mol. The summed E-state index contributed by atoms with van der Waals surface area (Å²) >= 11 is 0. The highest BCUT2D eigenvalue weighted by Crippen LogP contribution is 2.17. The minimum Gasteiger partial charge on any atom is -0.497 e. The molecule has 10 nitrogen and oxygen atoms in total. The zero-order chi connectivity index (χ0) is 25.4. The van der Waals surface area contributed by atoms with Crippen LogP contribution in [0.5, 0.6) is 11.5 Å². The molecule has 178 valence electrons. The van der Waals surface area contributed by atoms with Gasteiger partial charge in [-0.1, -0.05) is 0 Å². The van der Waals surface area contributed by atoms with Crippen LogP contribution in [0.1, 0.15) is 33.2 Å². The SMILES string of the molecule is COc1ccc(C(=O)Oc2ccc(/C(C)=N/NC(=O)C(=O)Nc3ccc(C(N)=O)cc3)cc2)cc1. The summed E-state index contributed by atoms with van der Waals surface area (Å²) in [7, 11) is 1.54. The van der Waals surface area contributed by atoms with E-state index >= 15 is 0 Å². The van der Waals surface area contributed by atoms with Crippen molar-refractivity contribution in [2.75, 3.05) is 12.4 Å². The first-order valence-corrected chi connectivity index (χ1v) is 10.3. The fourth-order valence-electron chi connectivity index (χ4n) is 2.81. The fraction of sp³-hybridized carbons (Fsp3) is 0.0800. The second kappa shape index (κ2) is 11.2. The van der Waals surface area contributed by atoms with Crippen LogP contribution < -0.4 is 25.9 Å². The highest BCUT2D eigenvalue weighted by Gasteiger charge is 2.14. The van der Waals surface area contributed by atoms with Crippen LogP contribution in [0.4, 0.5) is 5.69 Å². The van der Waals surface area contributed by atoms with Gasteiger partial charge in [-0.3, -0.25) is 14.4 Å². The van der Waals surface area contributed by atoms with Gasteiger partial charge in [-0.15, -0.1) is 0 Å². The number of hydrogen-bond acceptors (Lipinski definition) is 7. The van der Waals surface area contributed by atoms with Crippen LogP contribution in [0.15, 0.2) is 77.9 Å². The molecule has 3 aromatic carbocycles. The van der Waals surface area contributed by atoms with Crippen LogP contribution in [0.25, 0.3) is 0 Å². The highest BCUT2D eigenvalue weighted by molar-refractivity contribution is 6.39. The molecule has 0 saturated carbocycles. The molecule has 3 aromatic rings. The number of methoxy groups -OCH3 is 1. The summed E-state index contributed by atoms with van der Waals surface area (Å²) in [6.45, 7) is 1.64. The van der Waals surface area contributed by atoms with Gasteiger partial charge in [-0.2, -0.15) is 5.10 Å². The molecule has 0 heterocycles. The van der Waals surface area contributed by atoms with Crippen LogP contribution >= 0.6 is 0 Å². The minimum atomic E-state index is -0.978. The molecule has 4 N–H and O–H groups in total. The molecule has 0 unspecified atom stereocenters. The summed E-state index contributed by atoms with van der Waals surface area (Å²) in [5.41, 5.74) is 9.35. The normalized spacial score (nSPS) is 10.7. The van der Waals surface area contributed by atoms with E-state index in [2.05, 4.69) is 15.8 Å². The monoisotopic (exact) mass is 474 g/mol. The number of esters is 1. The molecule has 0 bridgehead atoms. The van der Waals surface area contributed by atoms with Gasteiger partial charge in [0.25, 0.3) is 0 Å². The standard InChI is InChI=1S/C25H22N4O6/c1-15(28-29-24(32)23(31)27-19-9-3-17(4-10-19)22(26)30)16-5-13-21(14-6-16)35-25(33)18-7-11-20(34-2)12-8-18/h3-14H,1-2H3,(H2,26,30)(H,27,31)(H,29,32)/b28-15+. The lowest BCUT2D eigenvalue weighted by atomic mass is 10.1. The number of hydrogen-bond donors (Lipinski definition) is 3.